The lowest BCUT2D eigenvalue weighted by atomic mass is 9.31. The Bertz CT molecular complexity index is 1790. The lowest BCUT2D eigenvalue weighted by Gasteiger charge is -2.40. The zero-order valence-electron chi connectivity index (χ0n) is 19.3. The van der Waals surface area contributed by atoms with Crippen molar-refractivity contribution in [2.45, 2.75) is 19.3 Å². The summed E-state index contributed by atoms with van der Waals surface area (Å²) in [5.41, 5.74) is 7.51. The molecule has 7 rings (SSSR count). The van der Waals surface area contributed by atoms with E-state index >= 15 is 0 Å². The summed E-state index contributed by atoms with van der Waals surface area (Å²) < 4.78 is 0. The van der Waals surface area contributed by atoms with Gasteiger partial charge in [0.25, 0.3) is 0 Å². The van der Waals surface area contributed by atoms with Crippen LogP contribution in [0.25, 0.3) is 32.3 Å². The predicted molar refractivity (Wildman–Crippen MR) is 145 cm³/mol. The van der Waals surface area contributed by atoms with Gasteiger partial charge in [-0.2, -0.15) is 5.26 Å². The fourth-order valence-corrected chi connectivity index (χ4v) is 6.55. The Morgan fingerprint density at radius 1 is 0.676 bits per heavy atom. The average Bonchev–Trinajstić information content (AvgIpc) is 2.87. The molecule has 1 aliphatic rings. The van der Waals surface area contributed by atoms with E-state index in [0.717, 1.165) is 10.9 Å². The highest BCUT2D eigenvalue weighted by molar-refractivity contribution is 6.96. The van der Waals surface area contributed by atoms with Crippen LogP contribution in [0.3, 0.4) is 0 Å². The molecule has 34 heavy (non-hydrogen) atoms. The molecule has 0 aliphatic carbocycles. The molecule has 0 spiro atoms. The van der Waals surface area contributed by atoms with Crippen LogP contribution in [0.2, 0.25) is 0 Å². The second-order valence-electron chi connectivity index (χ2n) is 10.0. The summed E-state index contributed by atoms with van der Waals surface area (Å²) in [5, 5.41) is 17.1. The molecule has 6 aromatic carbocycles. The monoisotopic (exact) mass is 431 g/mol. The molecule has 0 N–H and O–H groups in total. The molecule has 6 aromatic rings. The highest BCUT2D eigenvalue weighted by atomic mass is 14.4. The molecule has 0 fully saturated rings. The third-order valence-corrected chi connectivity index (χ3v) is 7.95. The van der Waals surface area contributed by atoms with Crippen LogP contribution in [-0.2, 0) is 5.41 Å². The summed E-state index contributed by atoms with van der Waals surface area (Å²) >= 11 is 0. The molecule has 0 amide bonds. The van der Waals surface area contributed by atoms with Crippen LogP contribution >= 0.6 is 0 Å². The van der Waals surface area contributed by atoms with Crippen molar-refractivity contribution >= 4 is 55.4 Å². The minimum absolute atomic E-state index is 0.141. The first kappa shape index (κ1) is 19.4. The number of nitriles is 1. The summed E-state index contributed by atoms with van der Waals surface area (Å²) in [7, 11) is 0. The van der Waals surface area contributed by atoms with Gasteiger partial charge in [-0.25, -0.2) is 0 Å². The summed E-state index contributed by atoms with van der Waals surface area (Å²) in [6.45, 7) is 4.92. The Morgan fingerprint density at radius 3 is 2.18 bits per heavy atom. The van der Waals surface area contributed by atoms with Crippen molar-refractivity contribution in [3.05, 3.63) is 114 Å². The number of benzene rings is 6. The van der Waals surface area contributed by atoms with Gasteiger partial charge < -0.3 is 0 Å². The summed E-state index contributed by atoms with van der Waals surface area (Å²) in [6.07, 6.45) is 0. The lowest BCUT2D eigenvalue weighted by molar-refractivity contribution is 0.652. The highest BCUT2D eigenvalue weighted by Crippen LogP contribution is 2.43. The van der Waals surface area contributed by atoms with Gasteiger partial charge in [-0.05, 0) is 44.1 Å². The van der Waals surface area contributed by atoms with E-state index in [1.807, 2.05) is 6.07 Å². The second-order valence-corrected chi connectivity index (χ2v) is 10.0. The third-order valence-electron chi connectivity index (χ3n) is 7.95. The van der Waals surface area contributed by atoms with Crippen LogP contribution in [0.5, 0.6) is 0 Å². The van der Waals surface area contributed by atoms with Gasteiger partial charge in [0, 0.05) is 10.8 Å². The normalized spacial score (nSPS) is 14.3. The predicted octanol–water partition coefficient (Wildman–Crippen LogP) is 5.61. The van der Waals surface area contributed by atoms with Crippen LogP contribution in [0, 0.1) is 11.3 Å². The van der Waals surface area contributed by atoms with Crippen molar-refractivity contribution in [3.8, 4) is 6.07 Å². The summed E-state index contributed by atoms with van der Waals surface area (Å²) in [5.74, 6) is 0. The van der Waals surface area contributed by atoms with E-state index in [0.29, 0.717) is 0 Å². The summed E-state index contributed by atoms with van der Waals surface area (Å²) in [4.78, 5) is 0. The smallest absolute Gasteiger partial charge is 0.192 e. The van der Waals surface area contributed by atoms with E-state index < -0.39 is 0 Å². The quantitative estimate of drug-likeness (QED) is 0.245. The van der Waals surface area contributed by atoms with Crippen LogP contribution in [-0.4, -0.2) is 6.71 Å². The molecule has 0 unspecified atom stereocenters. The van der Waals surface area contributed by atoms with Gasteiger partial charge in [0.2, 0.25) is 6.71 Å². The first-order chi connectivity index (χ1) is 16.6. The van der Waals surface area contributed by atoms with Crippen molar-refractivity contribution in [1.82, 2.24) is 0 Å². The topological polar surface area (TPSA) is 23.8 Å². The van der Waals surface area contributed by atoms with Crippen LogP contribution in [0.1, 0.15) is 30.5 Å². The molecule has 1 aliphatic heterocycles. The second kappa shape index (κ2) is 6.72. The Labute approximate surface area is 199 Å². The number of hydrogen-bond donors (Lipinski definition) is 0. The van der Waals surface area contributed by atoms with Crippen molar-refractivity contribution in [2.24, 2.45) is 0 Å². The molecule has 1 heterocycles. The molecule has 2 heteroatoms. The number of nitrogens with zero attached hydrogens (tertiary/aromatic N) is 1. The molecule has 0 aromatic heterocycles. The van der Waals surface area contributed by atoms with E-state index in [1.54, 1.807) is 0 Å². The van der Waals surface area contributed by atoms with Crippen LogP contribution in [0.15, 0.2) is 97.1 Å². The van der Waals surface area contributed by atoms with E-state index in [4.69, 9.17) is 0 Å². The molecule has 1 nitrogen and oxygen atoms in total. The van der Waals surface area contributed by atoms with Gasteiger partial charge >= 0.3 is 0 Å². The van der Waals surface area contributed by atoms with Gasteiger partial charge in [-0.1, -0.05) is 121 Å². The third kappa shape index (κ3) is 2.39. The molecule has 0 radical (unpaired) electrons. The molecule has 158 valence electrons. The van der Waals surface area contributed by atoms with Crippen molar-refractivity contribution < 1.29 is 0 Å². The number of fused-ring (bicyclic) bond motifs is 3. The Kier molecular flexibility index (Phi) is 3.83. The number of hydrogen-bond acceptors (Lipinski definition) is 1. The Morgan fingerprint density at radius 2 is 1.35 bits per heavy atom. The average molecular weight is 431 g/mol. The largest absolute Gasteiger partial charge is 0.242 e. The zero-order chi connectivity index (χ0) is 23.0. The van der Waals surface area contributed by atoms with E-state index in [2.05, 4.69) is 111 Å². The first-order valence-electron chi connectivity index (χ1n) is 11.9. The molecule has 0 saturated carbocycles. The minimum atomic E-state index is -0.141. The van der Waals surface area contributed by atoms with Crippen LogP contribution in [0.4, 0.5) is 0 Å². The van der Waals surface area contributed by atoms with E-state index in [9.17, 15) is 5.26 Å². The minimum Gasteiger partial charge on any atom is -0.192 e. The Balaban J connectivity index is 1.69. The number of rotatable bonds is 1. The van der Waals surface area contributed by atoms with E-state index in [1.165, 1.54) is 54.4 Å². The van der Waals surface area contributed by atoms with Gasteiger partial charge in [0.15, 0.2) is 0 Å². The standard InChI is InChI=1S/C32H22BN/c1-32(2)26-10-6-7-11-27(26)33(23-8-4-3-5-9-23)28-18-21-15-16-24-22(19-34)13-12-20-14-17-25(31(28)32)30(21)29(20)24/h3-18H,1-2H3. The van der Waals surface area contributed by atoms with Gasteiger partial charge in [-0.15, -0.1) is 0 Å². The fourth-order valence-electron chi connectivity index (χ4n) is 6.55. The lowest BCUT2D eigenvalue weighted by Crippen LogP contribution is -2.60. The van der Waals surface area contributed by atoms with Gasteiger partial charge in [-0.3, -0.25) is 0 Å². The fraction of sp³-hybridized carbons (Fsp3) is 0.0938. The maximum atomic E-state index is 9.76. The van der Waals surface area contributed by atoms with Crippen LogP contribution < -0.4 is 16.4 Å². The van der Waals surface area contributed by atoms with Gasteiger partial charge in [0.05, 0.1) is 11.6 Å². The zero-order valence-corrected chi connectivity index (χ0v) is 19.3. The molecule has 0 saturated heterocycles. The molecular weight excluding hydrogens is 409 g/mol. The SMILES string of the molecule is CC1(C)c2ccccc2B(c2ccccc2)c2cc3ccc4c(C#N)ccc5ccc(c21)c3c54. The van der Waals surface area contributed by atoms with E-state index in [-0.39, 0.29) is 12.1 Å². The van der Waals surface area contributed by atoms with Crippen molar-refractivity contribution in [1.29, 1.82) is 5.26 Å². The molecule has 0 bridgehead atoms. The highest BCUT2D eigenvalue weighted by Gasteiger charge is 2.41. The van der Waals surface area contributed by atoms with Crippen molar-refractivity contribution in [3.63, 3.8) is 0 Å². The molecule has 0 atom stereocenters. The first-order valence-corrected chi connectivity index (χ1v) is 11.9. The Hall–Kier alpha value is -4.09. The maximum Gasteiger partial charge on any atom is 0.242 e. The van der Waals surface area contributed by atoms with Crippen molar-refractivity contribution in [2.75, 3.05) is 0 Å². The van der Waals surface area contributed by atoms with Gasteiger partial charge in [0.1, 0.15) is 0 Å². The summed E-state index contributed by atoms with van der Waals surface area (Å²) in [6, 6.07) is 37.6. The maximum absolute atomic E-state index is 9.76. The molecular formula is C32H22BN.